The molecule has 6 nitrogen and oxygen atoms in total. The fourth-order valence-electron chi connectivity index (χ4n) is 3.67. The number of nitrogens with zero attached hydrogens (tertiary/aromatic N) is 1. The number of hydrogen-bond donors (Lipinski definition) is 1. The molecule has 2 aliphatic heterocycles. The molecule has 2 amide bonds. The Labute approximate surface area is 170 Å². The van der Waals surface area contributed by atoms with Gasteiger partial charge >= 0.3 is 0 Å². The van der Waals surface area contributed by atoms with Gasteiger partial charge in [0.2, 0.25) is 0 Å². The maximum Gasteiger partial charge on any atom is 0.255 e. The Balaban J connectivity index is 1.30. The summed E-state index contributed by atoms with van der Waals surface area (Å²) in [5, 5.41) is 2.87. The van der Waals surface area contributed by atoms with Gasteiger partial charge in [0, 0.05) is 36.5 Å². The van der Waals surface area contributed by atoms with Gasteiger partial charge in [0.25, 0.3) is 11.8 Å². The Bertz CT molecular complexity index is 836. The molecule has 6 heteroatoms. The van der Waals surface area contributed by atoms with E-state index < -0.39 is 0 Å². The summed E-state index contributed by atoms with van der Waals surface area (Å²) in [6.07, 6.45) is 4.41. The highest BCUT2D eigenvalue weighted by atomic mass is 16.5. The van der Waals surface area contributed by atoms with E-state index >= 15 is 0 Å². The summed E-state index contributed by atoms with van der Waals surface area (Å²) in [6, 6.07) is 14.1. The third kappa shape index (κ3) is 4.95. The summed E-state index contributed by atoms with van der Waals surface area (Å²) < 4.78 is 11.3. The molecular formula is C23H26N2O4. The molecule has 2 aromatic carbocycles. The lowest BCUT2D eigenvalue weighted by Crippen LogP contribution is -2.27. The second-order valence-electron chi connectivity index (χ2n) is 7.50. The number of hydrogen-bond acceptors (Lipinski definition) is 4. The first-order chi connectivity index (χ1) is 14.2. The number of nitrogens with one attached hydrogen (secondary N) is 1. The molecule has 2 heterocycles. The molecule has 4 rings (SSSR count). The molecule has 0 bridgehead atoms. The summed E-state index contributed by atoms with van der Waals surface area (Å²) in [7, 11) is 0. The highest BCUT2D eigenvalue weighted by molar-refractivity contribution is 6.04. The summed E-state index contributed by atoms with van der Waals surface area (Å²) in [5.74, 6) is 0.579. The number of ether oxygens (including phenoxy) is 2. The van der Waals surface area contributed by atoms with Gasteiger partial charge in [0.15, 0.2) is 0 Å². The Morgan fingerprint density at radius 2 is 1.66 bits per heavy atom. The van der Waals surface area contributed by atoms with Crippen LogP contribution < -0.4 is 10.1 Å². The summed E-state index contributed by atoms with van der Waals surface area (Å²) in [5.41, 5.74) is 1.86. The van der Waals surface area contributed by atoms with E-state index in [9.17, 15) is 9.59 Å². The SMILES string of the molecule is O=C(Nc1ccc(C(=O)N2CCCC2)cc1)c1ccc(OC[C@@H]2CCCO2)cc1. The van der Waals surface area contributed by atoms with Crippen molar-refractivity contribution in [2.45, 2.75) is 31.8 Å². The van der Waals surface area contributed by atoms with Crippen molar-refractivity contribution in [3.8, 4) is 5.75 Å². The molecule has 1 atom stereocenters. The highest BCUT2D eigenvalue weighted by Crippen LogP contribution is 2.19. The second kappa shape index (κ2) is 9.09. The van der Waals surface area contributed by atoms with Crippen LogP contribution in [0.5, 0.6) is 5.75 Å². The van der Waals surface area contributed by atoms with Gasteiger partial charge in [-0.2, -0.15) is 0 Å². The minimum atomic E-state index is -0.200. The molecule has 0 aliphatic carbocycles. The lowest BCUT2D eigenvalue weighted by atomic mass is 10.1. The molecule has 0 unspecified atom stereocenters. The average Bonchev–Trinajstić information content (AvgIpc) is 3.47. The van der Waals surface area contributed by atoms with Crippen LogP contribution in [-0.2, 0) is 4.74 Å². The molecule has 0 spiro atoms. The van der Waals surface area contributed by atoms with Gasteiger partial charge in [-0.15, -0.1) is 0 Å². The Kier molecular flexibility index (Phi) is 6.10. The van der Waals surface area contributed by atoms with E-state index in [1.54, 1.807) is 48.5 Å². The topological polar surface area (TPSA) is 67.9 Å². The maximum absolute atomic E-state index is 12.5. The molecule has 152 valence electrons. The minimum absolute atomic E-state index is 0.0546. The van der Waals surface area contributed by atoms with Gasteiger partial charge in [0.05, 0.1) is 6.10 Å². The zero-order valence-corrected chi connectivity index (χ0v) is 16.4. The van der Waals surface area contributed by atoms with E-state index in [0.717, 1.165) is 51.1 Å². The normalized spacial score (nSPS) is 18.6. The summed E-state index contributed by atoms with van der Waals surface area (Å²) in [4.78, 5) is 26.7. The number of rotatable bonds is 6. The van der Waals surface area contributed by atoms with Crippen molar-refractivity contribution < 1.29 is 19.1 Å². The summed E-state index contributed by atoms with van der Waals surface area (Å²) >= 11 is 0. The van der Waals surface area contributed by atoms with Crippen molar-refractivity contribution in [1.29, 1.82) is 0 Å². The van der Waals surface area contributed by atoms with Gasteiger partial charge in [0.1, 0.15) is 12.4 Å². The van der Waals surface area contributed by atoms with Crippen LogP contribution in [0.15, 0.2) is 48.5 Å². The predicted molar refractivity (Wildman–Crippen MR) is 110 cm³/mol. The maximum atomic E-state index is 12.5. The number of carbonyl (C=O) groups excluding carboxylic acids is 2. The predicted octanol–water partition coefficient (Wildman–Crippen LogP) is 3.73. The van der Waals surface area contributed by atoms with Gasteiger partial charge in [-0.1, -0.05) is 0 Å². The number of carbonyl (C=O) groups is 2. The smallest absolute Gasteiger partial charge is 0.255 e. The fourth-order valence-corrected chi connectivity index (χ4v) is 3.67. The Morgan fingerprint density at radius 3 is 2.31 bits per heavy atom. The van der Waals surface area contributed by atoms with Crippen molar-refractivity contribution in [3.05, 3.63) is 59.7 Å². The van der Waals surface area contributed by atoms with E-state index in [1.165, 1.54) is 0 Å². The van der Waals surface area contributed by atoms with Crippen molar-refractivity contribution in [3.63, 3.8) is 0 Å². The van der Waals surface area contributed by atoms with E-state index in [2.05, 4.69) is 5.32 Å². The standard InChI is InChI=1S/C23H26N2O4/c26-22(17-7-11-20(12-8-17)29-16-21-4-3-15-28-21)24-19-9-5-18(6-10-19)23(27)25-13-1-2-14-25/h5-12,21H,1-4,13-16H2,(H,24,26)/t21-/m0/s1. The average molecular weight is 394 g/mol. The van der Waals surface area contributed by atoms with Crippen LogP contribution in [0.25, 0.3) is 0 Å². The lowest BCUT2D eigenvalue weighted by molar-refractivity contribution is 0.0679. The molecule has 2 fully saturated rings. The monoisotopic (exact) mass is 394 g/mol. The molecule has 0 aromatic heterocycles. The van der Waals surface area contributed by atoms with Gasteiger partial charge < -0.3 is 19.7 Å². The van der Waals surface area contributed by atoms with Crippen LogP contribution in [0.4, 0.5) is 5.69 Å². The minimum Gasteiger partial charge on any atom is -0.491 e. The van der Waals surface area contributed by atoms with Crippen LogP contribution >= 0.6 is 0 Å². The molecule has 2 aliphatic rings. The van der Waals surface area contributed by atoms with Crippen LogP contribution in [0.2, 0.25) is 0 Å². The third-order valence-electron chi connectivity index (χ3n) is 5.36. The fraction of sp³-hybridized carbons (Fsp3) is 0.391. The number of anilines is 1. The van der Waals surface area contributed by atoms with Crippen LogP contribution in [0.1, 0.15) is 46.4 Å². The number of amides is 2. The highest BCUT2D eigenvalue weighted by Gasteiger charge is 2.19. The molecule has 2 aromatic rings. The first-order valence-electron chi connectivity index (χ1n) is 10.2. The Morgan fingerprint density at radius 1 is 0.966 bits per heavy atom. The Hall–Kier alpha value is -2.86. The molecule has 2 saturated heterocycles. The zero-order valence-electron chi connectivity index (χ0n) is 16.4. The van der Waals surface area contributed by atoms with Gasteiger partial charge in [-0.3, -0.25) is 9.59 Å². The van der Waals surface area contributed by atoms with Crippen molar-refractivity contribution in [2.75, 3.05) is 31.6 Å². The largest absolute Gasteiger partial charge is 0.491 e. The molecule has 1 N–H and O–H groups in total. The summed E-state index contributed by atoms with van der Waals surface area (Å²) in [6.45, 7) is 2.99. The first-order valence-corrected chi connectivity index (χ1v) is 10.2. The van der Waals surface area contributed by atoms with E-state index in [-0.39, 0.29) is 17.9 Å². The van der Waals surface area contributed by atoms with Crippen molar-refractivity contribution in [1.82, 2.24) is 4.90 Å². The first kappa shape index (κ1) is 19.5. The zero-order chi connectivity index (χ0) is 20.1. The van der Waals surface area contributed by atoms with Crippen molar-refractivity contribution >= 4 is 17.5 Å². The molecular weight excluding hydrogens is 368 g/mol. The number of benzene rings is 2. The van der Waals surface area contributed by atoms with Crippen LogP contribution in [-0.4, -0.2) is 49.1 Å². The van der Waals surface area contributed by atoms with E-state index in [0.29, 0.717) is 23.4 Å². The van der Waals surface area contributed by atoms with Gasteiger partial charge in [-0.05, 0) is 74.2 Å². The molecule has 0 saturated carbocycles. The van der Waals surface area contributed by atoms with Crippen LogP contribution in [0.3, 0.4) is 0 Å². The van der Waals surface area contributed by atoms with E-state index in [4.69, 9.17) is 9.47 Å². The van der Waals surface area contributed by atoms with Crippen LogP contribution in [0, 0.1) is 0 Å². The van der Waals surface area contributed by atoms with Gasteiger partial charge in [-0.25, -0.2) is 0 Å². The second-order valence-corrected chi connectivity index (χ2v) is 7.50. The third-order valence-corrected chi connectivity index (χ3v) is 5.36. The van der Waals surface area contributed by atoms with E-state index in [1.807, 2.05) is 4.90 Å². The van der Waals surface area contributed by atoms with Crippen molar-refractivity contribution in [2.24, 2.45) is 0 Å². The lowest BCUT2D eigenvalue weighted by Gasteiger charge is -2.15. The number of likely N-dealkylation sites (tertiary alicyclic amines) is 1. The quantitative estimate of drug-likeness (QED) is 0.811. The molecule has 0 radical (unpaired) electrons. The molecule has 29 heavy (non-hydrogen) atoms.